The number of aromatic nitrogens is 2. The van der Waals surface area contributed by atoms with E-state index in [9.17, 15) is 0 Å². The first-order chi connectivity index (χ1) is 10.6. The molecule has 0 bridgehead atoms. The first kappa shape index (κ1) is 14.2. The summed E-state index contributed by atoms with van der Waals surface area (Å²) >= 11 is 0. The Hall–Kier alpha value is -2.75. The highest BCUT2D eigenvalue weighted by Crippen LogP contribution is 2.21. The van der Waals surface area contributed by atoms with Gasteiger partial charge in [0.2, 0.25) is 0 Å². The molecular formula is C18H20N4. The highest BCUT2D eigenvalue weighted by Gasteiger charge is 2.09. The number of anilines is 2. The maximum Gasteiger partial charge on any atom is 0.130 e. The van der Waals surface area contributed by atoms with Gasteiger partial charge in [0.05, 0.1) is 11.9 Å². The van der Waals surface area contributed by atoms with E-state index in [1.54, 1.807) is 4.68 Å². The van der Waals surface area contributed by atoms with Crippen molar-refractivity contribution in [3.8, 4) is 5.69 Å². The van der Waals surface area contributed by atoms with Crippen molar-refractivity contribution in [2.45, 2.75) is 6.42 Å². The predicted molar refractivity (Wildman–Crippen MR) is 91.6 cm³/mol. The number of benzene rings is 2. The van der Waals surface area contributed by atoms with E-state index in [0.29, 0.717) is 5.82 Å². The summed E-state index contributed by atoms with van der Waals surface area (Å²) in [4.78, 5) is 2.09. The summed E-state index contributed by atoms with van der Waals surface area (Å²) in [5.41, 5.74) is 10.7. The lowest BCUT2D eigenvalue weighted by Crippen LogP contribution is -2.08. The summed E-state index contributed by atoms with van der Waals surface area (Å²) in [6.45, 7) is 0. The Labute approximate surface area is 130 Å². The zero-order chi connectivity index (χ0) is 15.5. The summed E-state index contributed by atoms with van der Waals surface area (Å²) in [5.74, 6) is 0.697. The van der Waals surface area contributed by atoms with Crippen LogP contribution in [0.1, 0.15) is 11.1 Å². The van der Waals surface area contributed by atoms with Crippen molar-refractivity contribution >= 4 is 11.5 Å². The van der Waals surface area contributed by atoms with Gasteiger partial charge in [-0.15, -0.1) is 0 Å². The Morgan fingerprint density at radius 1 is 1.00 bits per heavy atom. The molecule has 0 amide bonds. The van der Waals surface area contributed by atoms with Crippen molar-refractivity contribution in [1.82, 2.24) is 9.78 Å². The van der Waals surface area contributed by atoms with Crippen LogP contribution < -0.4 is 10.6 Å². The lowest BCUT2D eigenvalue weighted by Gasteiger charge is -2.12. The molecule has 0 aliphatic heterocycles. The number of para-hydroxylation sites is 1. The molecule has 0 fully saturated rings. The molecule has 3 rings (SSSR count). The molecule has 0 unspecified atom stereocenters. The fraction of sp³-hybridized carbons (Fsp3) is 0.167. The van der Waals surface area contributed by atoms with Gasteiger partial charge in [0.25, 0.3) is 0 Å². The van der Waals surface area contributed by atoms with Crippen molar-refractivity contribution in [3.05, 3.63) is 71.9 Å². The molecule has 0 spiro atoms. The zero-order valence-corrected chi connectivity index (χ0v) is 12.9. The number of nitrogens with two attached hydrogens (primary N) is 1. The van der Waals surface area contributed by atoms with Crippen molar-refractivity contribution in [2.24, 2.45) is 0 Å². The van der Waals surface area contributed by atoms with E-state index in [1.165, 1.54) is 11.3 Å². The van der Waals surface area contributed by atoms with Crippen LogP contribution >= 0.6 is 0 Å². The van der Waals surface area contributed by atoms with E-state index >= 15 is 0 Å². The van der Waals surface area contributed by atoms with Crippen LogP contribution in [0.25, 0.3) is 5.69 Å². The van der Waals surface area contributed by atoms with Crippen LogP contribution in [0, 0.1) is 0 Å². The molecule has 4 nitrogen and oxygen atoms in total. The largest absolute Gasteiger partial charge is 0.383 e. The quantitative estimate of drug-likeness (QED) is 0.803. The predicted octanol–water partition coefficient (Wildman–Crippen LogP) is 3.11. The average molecular weight is 292 g/mol. The van der Waals surface area contributed by atoms with Crippen LogP contribution in [0.5, 0.6) is 0 Å². The van der Waals surface area contributed by atoms with Gasteiger partial charge in [-0.25, -0.2) is 4.68 Å². The number of hydrogen-bond donors (Lipinski definition) is 1. The van der Waals surface area contributed by atoms with Crippen LogP contribution in [0.15, 0.2) is 60.8 Å². The molecule has 0 radical (unpaired) electrons. The number of rotatable bonds is 4. The fourth-order valence-electron chi connectivity index (χ4n) is 2.43. The second-order valence-electron chi connectivity index (χ2n) is 5.54. The number of hydrogen-bond acceptors (Lipinski definition) is 3. The van der Waals surface area contributed by atoms with E-state index in [-0.39, 0.29) is 0 Å². The third-order valence-corrected chi connectivity index (χ3v) is 3.73. The zero-order valence-electron chi connectivity index (χ0n) is 12.9. The van der Waals surface area contributed by atoms with Crippen LogP contribution in [0.4, 0.5) is 11.5 Å². The normalized spacial score (nSPS) is 10.6. The summed E-state index contributed by atoms with van der Waals surface area (Å²) in [6, 6.07) is 18.4. The minimum atomic E-state index is 0.697. The fourth-order valence-corrected chi connectivity index (χ4v) is 2.43. The van der Waals surface area contributed by atoms with Crippen molar-refractivity contribution < 1.29 is 0 Å². The molecule has 3 aromatic rings. The molecule has 112 valence electrons. The molecular weight excluding hydrogens is 272 g/mol. The molecule has 22 heavy (non-hydrogen) atoms. The van der Waals surface area contributed by atoms with Crippen molar-refractivity contribution in [1.29, 1.82) is 0 Å². The maximum absolute atomic E-state index is 6.25. The molecule has 2 aromatic carbocycles. The van der Waals surface area contributed by atoms with Gasteiger partial charge in [-0.1, -0.05) is 30.3 Å². The summed E-state index contributed by atoms with van der Waals surface area (Å²) in [5, 5.41) is 4.41. The number of nitrogens with zero attached hydrogens (tertiary/aromatic N) is 3. The number of nitrogen functional groups attached to an aromatic ring is 1. The van der Waals surface area contributed by atoms with Gasteiger partial charge in [-0.2, -0.15) is 5.10 Å². The minimum Gasteiger partial charge on any atom is -0.383 e. The van der Waals surface area contributed by atoms with Crippen molar-refractivity contribution in [2.75, 3.05) is 24.7 Å². The molecule has 0 saturated carbocycles. The van der Waals surface area contributed by atoms with Gasteiger partial charge in [-0.05, 0) is 29.8 Å². The van der Waals surface area contributed by atoms with Crippen LogP contribution in [0.3, 0.4) is 0 Å². The molecule has 0 aliphatic rings. The van der Waals surface area contributed by atoms with Gasteiger partial charge in [0, 0.05) is 31.8 Å². The van der Waals surface area contributed by atoms with E-state index < -0.39 is 0 Å². The average Bonchev–Trinajstić information content (AvgIpc) is 2.90. The molecule has 2 N–H and O–H groups in total. The molecule has 0 atom stereocenters. The van der Waals surface area contributed by atoms with Crippen LogP contribution in [-0.2, 0) is 6.42 Å². The van der Waals surface area contributed by atoms with Crippen LogP contribution in [0.2, 0.25) is 0 Å². The maximum atomic E-state index is 6.25. The Kier molecular flexibility index (Phi) is 3.83. The molecule has 4 heteroatoms. The van der Waals surface area contributed by atoms with Gasteiger partial charge in [-0.3, -0.25) is 0 Å². The molecule has 0 aliphatic carbocycles. The van der Waals surface area contributed by atoms with Gasteiger partial charge in [0.1, 0.15) is 5.82 Å². The molecule has 1 heterocycles. The first-order valence-corrected chi connectivity index (χ1v) is 7.29. The van der Waals surface area contributed by atoms with Gasteiger partial charge < -0.3 is 10.6 Å². The Morgan fingerprint density at radius 2 is 1.68 bits per heavy atom. The molecule has 0 saturated heterocycles. The van der Waals surface area contributed by atoms with E-state index in [4.69, 9.17) is 5.73 Å². The topological polar surface area (TPSA) is 47.1 Å². The smallest absolute Gasteiger partial charge is 0.130 e. The monoisotopic (exact) mass is 292 g/mol. The lowest BCUT2D eigenvalue weighted by atomic mass is 10.1. The Bertz CT molecular complexity index is 743. The summed E-state index contributed by atoms with van der Waals surface area (Å²) in [6.07, 6.45) is 2.63. The third-order valence-electron chi connectivity index (χ3n) is 3.73. The van der Waals surface area contributed by atoms with Gasteiger partial charge >= 0.3 is 0 Å². The second-order valence-corrected chi connectivity index (χ2v) is 5.54. The highest BCUT2D eigenvalue weighted by molar-refractivity contribution is 5.50. The first-order valence-electron chi connectivity index (χ1n) is 7.29. The molecule has 1 aromatic heterocycles. The standard InChI is InChI=1S/C18H20N4/c1-21(2)16-10-8-14(9-11-16)12-15-13-20-22(18(15)19)17-6-4-3-5-7-17/h3-11,13H,12,19H2,1-2H3. The SMILES string of the molecule is CN(C)c1ccc(Cc2cnn(-c3ccccc3)c2N)cc1. The summed E-state index contributed by atoms with van der Waals surface area (Å²) in [7, 11) is 4.08. The van der Waals surface area contributed by atoms with E-state index in [0.717, 1.165) is 17.7 Å². The highest BCUT2D eigenvalue weighted by atomic mass is 15.3. The summed E-state index contributed by atoms with van der Waals surface area (Å²) < 4.78 is 1.78. The Balaban J connectivity index is 1.83. The third kappa shape index (κ3) is 2.81. The van der Waals surface area contributed by atoms with Crippen LogP contribution in [-0.4, -0.2) is 23.9 Å². The van der Waals surface area contributed by atoms with E-state index in [1.807, 2.05) is 50.6 Å². The van der Waals surface area contributed by atoms with Crippen molar-refractivity contribution in [3.63, 3.8) is 0 Å². The van der Waals surface area contributed by atoms with E-state index in [2.05, 4.69) is 34.3 Å². The Morgan fingerprint density at radius 3 is 2.32 bits per heavy atom. The van der Waals surface area contributed by atoms with Gasteiger partial charge in [0.15, 0.2) is 0 Å². The minimum absolute atomic E-state index is 0.697. The lowest BCUT2D eigenvalue weighted by molar-refractivity contribution is 0.891. The second kappa shape index (κ2) is 5.93.